The highest BCUT2D eigenvalue weighted by Crippen LogP contribution is 2.08. The largest absolute Gasteiger partial charge is 0.466 e. The predicted molar refractivity (Wildman–Crippen MR) is 75.2 cm³/mol. The Morgan fingerprint density at radius 1 is 0.765 bits per heavy atom. The fourth-order valence-corrected chi connectivity index (χ4v) is 1.59. The minimum atomic E-state index is -0.211. The quantitative estimate of drug-likeness (QED) is 0.416. The number of carbonyl (C=O) groups is 1. The number of rotatable bonds is 9. The first-order valence-electron chi connectivity index (χ1n) is 7.32. The standard InChI is InChI=1S/C11H24.C4H8O2/c1-3-5-7-9-11-10-8-6-4-2;1-3-6-4(2)5/h3-11H2,1-2H3;3H2,1-2H3. The molecule has 0 heterocycles. The van der Waals surface area contributed by atoms with E-state index in [0.717, 1.165) is 0 Å². The minimum absolute atomic E-state index is 0.211. The summed E-state index contributed by atoms with van der Waals surface area (Å²) < 4.78 is 4.40. The Hall–Kier alpha value is -0.530. The molecule has 0 spiro atoms. The first-order chi connectivity index (χ1) is 8.18. The number of esters is 1. The Balaban J connectivity index is 0. The molecule has 0 aromatic rings. The molecule has 0 N–H and O–H groups in total. The second-order valence-electron chi connectivity index (χ2n) is 4.40. The van der Waals surface area contributed by atoms with Gasteiger partial charge < -0.3 is 4.74 Å². The summed E-state index contributed by atoms with van der Waals surface area (Å²) in [4.78, 5) is 9.82. The molecule has 0 bridgehead atoms. The maximum atomic E-state index is 9.82. The van der Waals surface area contributed by atoms with Gasteiger partial charge in [0.25, 0.3) is 0 Å². The molecule has 0 rings (SSSR count). The van der Waals surface area contributed by atoms with Crippen LogP contribution in [0.15, 0.2) is 0 Å². The molecule has 0 atom stereocenters. The van der Waals surface area contributed by atoms with Crippen LogP contribution in [0.4, 0.5) is 0 Å². The molecule has 0 radical (unpaired) electrons. The summed E-state index contributed by atoms with van der Waals surface area (Å²) in [5.41, 5.74) is 0. The molecular formula is C15H32O2. The summed E-state index contributed by atoms with van der Waals surface area (Å²) in [5, 5.41) is 0. The molecule has 104 valence electrons. The number of carbonyl (C=O) groups excluding carboxylic acids is 1. The van der Waals surface area contributed by atoms with Crippen molar-refractivity contribution in [1.82, 2.24) is 0 Å². The zero-order valence-electron chi connectivity index (χ0n) is 12.4. The molecule has 17 heavy (non-hydrogen) atoms. The lowest BCUT2D eigenvalue weighted by Gasteiger charge is -1.98. The third-order valence-corrected chi connectivity index (χ3v) is 2.55. The second kappa shape index (κ2) is 17.9. The van der Waals surface area contributed by atoms with E-state index in [2.05, 4.69) is 18.6 Å². The van der Waals surface area contributed by atoms with Crippen LogP contribution in [0.5, 0.6) is 0 Å². The highest BCUT2D eigenvalue weighted by Gasteiger charge is 1.89. The van der Waals surface area contributed by atoms with E-state index in [-0.39, 0.29) is 5.97 Å². The van der Waals surface area contributed by atoms with E-state index in [1.807, 2.05) is 0 Å². The van der Waals surface area contributed by atoms with Crippen molar-refractivity contribution in [2.24, 2.45) is 0 Å². The van der Waals surface area contributed by atoms with Crippen molar-refractivity contribution in [3.8, 4) is 0 Å². The number of hydrogen-bond acceptors (Lipinski definition) is 2. The summed E-state index contributed by atoms with van der Waals surface area (Å²) in [7, 11) is 0. The van der Waals surface area contributed by atoms with E-state index in [9.17, 15) is 4.79 Å². The van der Waals surface area contributed by atoms with Crippen molar-refractivity contribution in [3.63, 3.8) is 0 Å². The molecule has 0 fully saturated rings. The van der Waals surface area contributed by atoms with Crippen LogP contribution in [0.25, 0.3) is 0 Å². The molecule has 0 saturated carbocycles. The van der Waals surface area contributed by atoms with Gasteiger partial charge in [-0.25, -0.2) is 0 Å². The molecule has 0 aliphatic carbocycles. The SMILES string of the molecule is CCCCCCCCCCC.CCOC(C)=O. The van der Waals surface area contributed by atoms with Gasteiger partial charge in [0.15, 0.2) is 0 Å². The molecule has 0 aromatic heterocycles. The number of hydrogen-bond donors (Lipinski definition) is 0. The molecule has 2 nitrogen and oxygen atoms in total. The van der Waals surface area contributed by atoms with Crippen molar-refractivity contribution in [1.29, 1.82) is 0 Å². The van der Waals surface area contributed by atoms with Crippen LogP contribution in [0, 0.1) is 0 Å². The van der Waals surface area contributed by atoms with E-state index < -0.39 is 0 Å². The van der Waals surface area contributed by atoms with Gasteiger partial charge in [0, 0.05) is 6.92 Å². The van der Waals surface area contributed by atoms with Crippen molar-refractivity contribution in [2.75, 3.05) is 6.61 Å². The van der Waals surface area contributed by atoms with E-state index in [1.165, 1.54) is 64.7 Å². The third kappa shape index (κ3) is 25.6. The summed E-state index contributed by atoms with van der Waals surface area (Å²) in [6, 6.07) is 0. The number of unbranched alkanes of at least 4 members (excludes halogenated alkanes) is 8. The fourth-order valence-electron chi connectivity index (χ4n) is 1.59. The Morgan fingerprint density at radius 2 is 1.12 bits per heavy atom. The van der Waals surface area contributed by atoms with E-state index in [1.54, 1.807) is 6.92 Å². The Labute approximate surface area is 108 Å². The lowest BCUT2D eigenvalue weighted by molar-refractivity contribution is -0.140. The Morgan fingerprint density at radius 3 is 1.29 bits per heavy atom. The molecule has 0 saturated heterocycles. The molecular weight excluding hydrogens is 212 g/mol. The molecule has 0 unspecified atom stereocenters. The van der Waals surface area contributed by atoms with Gasteiger partial charge in [-0.1, -0.05) is 71.6 Å². The first kappa shape index (κ1) is 18.8. The van der Waals surface area contributed by atoms with E-state index in [4.69, 9.17) is 0 Å². The smallest absolute Gasteiger partial charge is 0.302 e. The van der Waals surface area contributed by atoms with Gasteiger partial charge in [0.1, 0.15) is 0 Å². The number of ether oxygens (including phenoxy) is 1. The van der Waals surface area contributed by atoms with Gasteiger partial charge in [-0.2, -0.15) is 0 Å². The average molecular weight is 244 g/mol. The molecule has 0 aliphatic heterocycles. The van der Waals surface area contributed by atoms with Crippen molar-refractivity contribution in [2.45, 2.75) is 85.5 Å². The van der Waals surface area contributed by atoms with Gasteiger partial charge in [-0.3, -0.25) is 4.79 Å². The van der Waals surface area contributed by atoms with Gasteiger partial charge in [0.2, 0.25) is 0 Å². The van der Waals surface area contributed by atoms with Crippen LogP contribution >= 0.6 is 0 Å². The predicted octanol–water partition coefficient (Wildman–Crippen LogP) is 5.11. The lowest BCUT2D eigenvalue weighted by atomic mass is 10.1. The average Bonchev–Trinajstić information content (AvgIpc) is 2.29. The van der Waals surface area contributed by atoms with Crippen molar-refractivity contribution in [3.05, 3.63) is 0 Å². The highest BCUT2D eigenvalue weighted by molar-refractivity contribution is 5.65. The molecule has 0 aliphatic rings. The van der Waals surface area contributed by atoms with Crippen LogP contribution in [-0.2, 0) is 9.53 Å². The van der Waals surface area contributed by atoms with Gasteiger partial charge >= 0.3 is 5.97 Å². The summed E-state index contributed by atoms with van der Waals surface area (Å²) in [6.07, 6.45) is 13.0. The topological polar surface area (TPSA) is 26.3 Å². The van der Waals surface area contributed by atoms with Crippen molar-refractivity contribution < 1.29 is 9.53 Å². The maximum Gasteiger partial charge on any atom is 0.302 e. The zero-order chi connectivity index (χ0) is 13.4. The summed E-state index contributed by atoms with van der Waals surface area (Å²) >= 11 is 0. The van der Waals surface area contributed by atoms with Crippen molar-refractivity contribution >= 4 is 5.97 Å². The van der Waals surface area contributed by atoms with Gasteiger partial charge in [-0.15, -0.1) is 0 Å². The fraction of sp³-hybridized carbons (Fsp3) is 0.933. The minimum Gasteiger partial charge on any atom is -0.466 e. The van der Waals surface area contributed by atoms with E-state index >= 15 is 0 Å². The van der Waals surface area contributed by atoms with Crippen LogP contribution in [0.2, 0.25) is 0 Å². The Bertz CT molecular complexity index is 136. The van der Waals surface area contributed by atoms with Gasteiger partial charge in [-0.05, 0) is 6.92 Å². The first-order valence-corrected chi connectivity index (χ1v) is 7.32. The highest BCUT2D eigenvalue weighted by atomic mass is 16.5. The zero-order valence-corrected chi connectivity index (χ0v) is 12.4. The van der Waals surface area contributed by atoms with Crippen LogP contribution < -0.4 is 0 Å². The summed E-state index contributed by atoms with van der Waals surface area (Å²) in [5.74, 6) is -0.211. The summed E-state index contributed by atoms with van der Waals surface area (Å²) in [6.45, 7) is 8.20. The normalized spacial score (nSPS) is 9.41. The van der Waals surface area contributed by atoms with Crippen LogP contribution in [0.1, 0.15) is 85.5 Å². The molecule has 2 heteroatoms. The second-order valence-corrected chi connectivity index (χ2v) is 4.40. The van der Waals surface area contributed by atoms with Gasteiger partial charge in [0.05, 0.1) is 6.61 Å². The molecule has 0 amide bonds. The lowest BCUT2D eigenvalue weighted by Crippen LogP contribution is -1.95. The van der Waals surface area contributed by atoms with E-state index in [0.29, 0.717) is 6.61 Å². The van der Waals surface area contributed by atoms with Crippen LogP contribution in [-0.4, -0.2) is 12.6 Å². The van der Waals surface area contributed by atoms with Crippen LogP contribution in [0.3, 0.4) is 0 Å². The maximum absolute atomic E-state index is 9.82. The Kier molecular flexibility index (Phi) is 19.8. The monoisotopic (exact) mass is 244 g/mol. The third-order valence-electron chi connectivity index (χ3n) is 2.55. The molecule has 0 aromatic carbocycles.